The fourth-order valence-electron chi connectivity index (χ4n) is 2.66. The number of hydrogen-bond acceptors (Lipinski definition) is 2. The van der Waals surface area contributed by atoms with Crippen molar-refractivity contribution >= 4 is 11.4 Å². The molecule has 110 valence electrons. The van der Waals surface area contributed by atoms with Gasteiger partial charge in [0.1, 0.15) is 17.3 Å². The van der Waals surface area contributed by atoms with E-state index in [0.29, 0.717) is 6.54 Å². The molecule has 1 saturated heterocycles. The van der Waals surface area contributed by atoms with Gasteiger partial charge >= 0.3 is 0 Å². The van der Waals surface area contributed by atoms with Gasteiger partial charge in [0.05, 0.1) is 0 Å². The van der Waals surface area contributed by atoms with Gasteiger partial charge in [0.25, 0.3) is 0 Å². The third kappa shape index (κ3) is 3.15. The molecule has 2 aromatic rings. The van der Waals surface area contributed by atoms with Gasteiger partial charge in [-0.2, -0.15) is 0 Å². The van der Waals surface area contributed by atoms with Crippen molar-refractivity contribution < 1.29 is 8.78 Å². The standard InChI is InChI=1S/C17H18F2N2/c18-15-4-3-5-16(19)17(15)20-12-13-6-8-14(9-7-13)21-10-1-2-11-21/h3-9,20H,1-2,10-12H2. The third-order valence-electron chi connectivity index (χ3n) is 3.84. The summed E-state index contributed by atoms with van der Waals surface area (Å²) in [7, 11) is 0. The Morgan fingerprint density at radius 2 is 1.52 bits per heavy atom. The number of nitrogens with one attached hydrogen (secondary N) is 1. The summed E-state index contributed by atoms with van der Waals surface area (Å²) in [5.74, 6) is -1.13. The maximum atomic E-state index is 13.5. The van der Waals surface area contributed by atoms with E-state index in [2.05, 4.69) is 22.3 Å². The second kappa shape index (κ2) is 6.12. The maximum absolute atomic E-state index is 13.5. The van der Waals surface area contributed by atoms with Gasteiger partial charge in [0, 0.05) is 25.3 Å². The molecule has 0 atom stereocenters. The molecule has 0 amide bonds. The van der Waals surface area contributed by atoms with E-state index in [1.54, 1.807) is 0 Å². The van der Waals surface area contributed by atoms with Crippen LogP contribution in [0.3, 0.4) is 0 Å². The second-order valence-electron chi connectivity index (χ2n) is 5.31. The van der Waals surface area contributed by atoms with Crippen molar-refractivity contribution in [2.24, 2.45) is 0 Å². The molecule has 0 bridgehead atoms. The Morgan fingerprint density at radius 3 is 2.14 bits per heavy atom. The van der Waals surface area contributed by atoms with E-state index in [1.165, 1.54) is 36.7 Å². The maximum Gasteiger partial charge on any atom is 0.149 e. The molecule has 2 aromatic carbocycles. The quantitative estimate of drug-likeness (QED) is 0.908. The summed E-state index contributed by atoms with van der Waals surface area (Å²) in [4.78, 5) is 2.35. The monoisotopic (exact) mass is 288 g/mol. The smallest absolute Gasteiger partial charge is 0.149 e. The number of halogens is 2. The fraction of sp³-hybridized carbons (Fsp3) is 0.294. The van der Waals surface area contributed by atoms with Crippen molar-refractivity contribution in [1.82, 2.24) is 0 Å². The Hall–Kier alpha value is -2.10. The lowest BCUT2D eigenvalue weighted by molar-refractivity contribution is 0.588. The van der Waals surface area contributed by atoms with Gasteiger partial charge < -0.3 is 10.2 Å². The minimum atomic E-state index is -0.566. The first-order chi connectivity index (χ1) is 10.2. The number of hydrogen-bond donors (Lipinski definition) is 1. The lowest BCUT2D eigenvalue weighted by atomic mass is 10.2. The minimum absolute atomic E-state index is 0.0684. The highest BCUT2D eigenvalue weighted by atomic mass is 19.1. The summed E-state index contributed by atoms with van der Waals surface area (Å²) in [6.45, 7) is 2.62. The van der Waals surface area contributed by atoms with Crippen molar-refractivity contribution in [2.45, 2.75) is 19.4 Å². The lowest BCUT2D eigenvalue weighted by Crippen LogP contribution is -2.17. The Labute approximate surface area is 123 Å². The first kappa shape index (κ1) is 13.9. The van der Waals surface area contributed by atoms with Gasteiger partial charge in [0.15, 0.2) is 0 Å². The Bertz CT molecular complexity index is 584. The molecule has 1 aliphatic heterocycles. The van der Waals surface area contributed by atoms with Crippen LogP contribution in [-0.2, 0) is 6.54 Å². The number of benzene rings is 2. The molecule has 2 nitrogen and oxygen atoms in total. The lowest BCUT2D eigenvalue weighted by Gasteiger charge is -2.18. The summed E-state index contributed by atoms with van der Waals surface area (Å²) in [6.07, 6.45) is 2.49. The average Bonchev–Trinajstić information content (AvgIpc) is 3.02. The normalized spacial score (nSPS) is 14.5. The van der Waals surface area contributed by atoms with Crippen LogP contribution in [0.15, 0.2) is 42.5 Å². The van der Waals surface area contributed by atoms with Gasteiger partial charge in [-0.15, -0.1) is 0 Å². The van der Waals surface area contributed by atoms with Gasteiger partial charge in [-0.1, -0.05) is 18.2 Å². The van der Waals surface area contributed by atoms with Crippen LogP contribution in [0.25, 0.3) is 0 Å². The largest absolute Gasteiger partial charge is 0.376 e. The molecular weight excluding hydrogens is 270 g/mol. The Morgan fingerprint density at radius 1 is 0.905 bits per heavy atom. The number of nitrogens with zero attached hydrogens (tertiary/aromatic N) is 1. The van der Waals surface area contributed by atoms with Crippen LogP contribution in [0.1, 0.15) is 18.4 Å². The van der Waals surface area contributed by atoms with E-state index in [9.17, 15) is 8.78 Å². The van der Waals surface area contributed by atoms with E-state index in [4.69, 9.17) is 0 Å². The summed E-state index contributed by atoms with van der Waals surface area (Å²) < 4.78 is 27.0. The van der Waals surface area contributed by atoms with Gasteiger partial charge in [0.2, 0.25) is 0 Å². The molecule has 1 aliphatic rings. The van der Waals surface area contributed by atoms with Crippen LogP contribution in [-0.4, -0.2) is 13.1 Å². The molecule has 1 fully saturated rings. The van der Waals surface area contributed by atoms with Gasteiger partial charge in [-0.25, -0.2) is 8.78 Å². The van der Waals surface area contributed by atoms with Crippen molar-refractivity contribution in [3.63, 3.8) is 0 Å². The van der Waals surface area contributed by atoms with Crippen LogP contribution in [0.5, 0.6) is 0 Å². The second-order valence-corrected chi connectivity index (χ2v) is 5.31. The zero-order valence-corrected chi connectivity index (χ0v) is 11.8. The van der Waals surface area contributed by atoms with Crippen LogP contribution >= 0.6 is 0 Å². The summed E-state index contributed by atoms with van der Waals surface area (Å²) in [5, 5.41) is 2.82. The zero-order chi connectivity index (χ0) is 14.7. The highest BCUT2D eigenvalue weighted by molar-refractivity contribution is 5.50. The van der Waals surface area contributed by atoms with E-state index < -0.39 is 11.6 Å². The minimum Gasteiger partial charge on any atom is -0.376 e. The van der Waals surface area contributed by atoms with E-state index in [1.807, 2.05) is 12.1 Å². The molecule has 0 spiro atoms. The highest BCUT2D eigenvalue weighted by Gasteiger charge is 2.12. The molecule has 1 N–H and O–H groups in total. The first-order valence-corrected chi connectivity index (χ1v) is 7.26. The van der Waals surface area contributed by atoms with Crippen LogP contribution < -0.4 is 10.2 Å². The predicted octanol–water partition coefficient (Wildman–Crippen LogP) is 4.18. The Balaban J connectivity index is 1.65. The van der Waals surface area contributed by atoms with Crippen LogP contribution in [0.4, 0.5) is 20.2 Å². The average molecular weight is 288 g/mol. The van der Waals surface area contributed by atoms with E-state index >= 15 is 0 Å². The molecule has 3 rings (SSSR count). The molecule has 0 aliphatic carbocycles. The number of rotatable bonds is 4. The first-order valence-electron chi connectivity index (χ1n) is 7.26. The van der Waals surface area contributed by atoms with Crippen molar-refractivity contribution in [3.05, 3.63) is 59.7 Å². The molecule has 0 aromatic heterocycles. The van der Waals surface area contributed by atoms with E-state index in [-0.39, 0.29) is 5.69 Å². The van der Waals surface area contributed by atoms with Crippen molar-refractivity contribution in [1.29, 1.82) is 0 Å². The van der Waals surface area contributed by atoms with Crippen LogP contribution in [0.2, 0.25) is 0 Å². The molecular formula is C17H18F2N2. The Kier molecular flexibility index (Phi) is 4.04. The topological polar surface area (TPSA) is 15.3 Å². The fourth-order valence-corrected chi connectivity index (χ4v) is 2.66. The SMILES string of the molecule is Fc1cccc(F)c1NCc1ccc(N2CCCC2)cc1. The molecule has 21 heavy (non-hydrogen) atoms. The molecule has 4 heteroatoms. The number of para-hydroxylation sites is 1. The third-order valence-corrected chi connectivity index (χ3v) is 3.84. The molecule has 0 unspecified atom stereocenters. The number of anilines is 2. The summed E-state index contributed by atoms with van der Waals surface area (Å²) in [5.41, 5.74) is 2.15. The zero-order valence-electron chi connectivity index (χ0n) is 11.8. The van der Waals surface area contributed by atoms with Crippen LogP contribution in [0, 0.1) is 11.6 Å². The van der Waals surface area contributed by atoms with Crippen molar-refractivity contribution in [3.8, 4) is 0 Å². The molecule has 0 saturated carbocycles. The van der Waals surface area contributed by atoms with Gasteiger partial charge in [-0.05, 0) is 42.7 Å². The van der Waals surface area contributed by atoms with Crippen molar-refractivity contribution in [2.75, 3.05) is 23.3 Å². The molecule has 1 heterocycles. The highest BCUT2D eigenvalue weighted by Crippen LogP contribution is 2.22. The predicted molar refractivity (Wildman–Crippen MR) is 81.6 cm³/mol. The van der Waals surface area contributed by atoms with Gasteiger partial charge in [-0.3, -0.25) is 0 Å². The van der Waals surface area contributed by atoms with E-state index in [0.717, 1.165) is 18.7 Å². The summed E-state index contributed by atoms with van der Waals surface area (Å²) in [6, 6.07) is 12.0. The molecule has 0 radical (unpaired) electrons. The summed E-state index contributed by atoms with van der Waals surface area (Å²) >= 11 is 0.